The van der Waals surface area contributed by atoms with Crippen molar-refractivity contribution in [2.24, 2.45) is 11.3 Å². The summed E-state index contributed by atoms with van der Waals surface area (Å²) < 4.78 is 0. The zero-order valence-electron chi connectivity index (χ0n) is 8.50. The van der Waals surface area contributed by atoms with Gasteiger partial charge in [-0.3, -0.25) is 4.79 Å². The number of aromatic nitrogens is 2. The molecule has 1 aliphatic rings. The van der Waals surface area contributed by atoms with E-state index in [1.165, 1.54) is 0 Å². The van der Waals surface area contributed by atoms with Gasteiger partial charge in [-0.05, 0) is 11.8 Å². The van der Waals surface area contributed by atoms with Crippen LogP contribution in [0.4, 0.5) is 0 Å². The van der Waals surface area contributed by atoms with Gasteiger partial charge in [0.2, 0.25) is 5.91 Å². The van der Waals surface area contributed by atoms with Crippen molar-refractivity contribution in [3.63, 3.8) is 0 Å². The molecule has 0 aliphatic heterocycles. The lowest BCUT2D eigenvalue weighted by atomic mass is 10.1. The van der Waals surface area contributed by atoms with Crippen LogP contribution < -0.4 is 5.32 Å². The van der Waals surface area contributed by atoms with Crippen molar-refractivity contribution in [3.8, 4) is 0 Å². The van der Waals surface area contributed by atoms with Crippen molar-refractivity contribution >= 4 is 5.91 Å². The van der Waals surface area contributed by atoms with Gasteiger partial charge < -0.3 is 10.3 Å². The van der Waals surface area contributed by atoms with Gasteiger partial charge in [0.25, 0.3) is 0 Å². The second-order valence-electron chi connectivity index (χ2n) is 4.54. The SMILES string of the molecule is CC1(C)CC1C(=O)NCc1cnc[nH]1. The summed E-state index contributed by atoms with van der Waals surface area (Å²) in [4.78, 5) is 18.4. The summed E-state index contributed by atoms with van der Waals surface area (Å²) in [5.74, 6) is 0.357. The molecule has 1 unspecified atom stereocenters. The maximum absolute atomic E-state index is 11.6. The first-order chi connectivity index (χ1) is 6.59. The number of hydrogen-bond donors (Lipinski definition) is 2. The minimum absolute atomic E-state index is 0.157. The van der Waals surface area contributed by atoms with Crippen molar-refractivity contribution in [1.82, 2.24) is 15.3 Å². The lowest BCUT2D eigenvalue weighted by Crippen LogP contribution is -2.26. The summed E-state index contributed by atoms with van der Waals surface area (Å²) >= 11 is 0. The highest BCUT2D eigenvalue weighted by Crippen LogP contribution is 2.51. The van der Waals surface area contributed by atoms with Gasteiger partial charge in [-0.25, -0.2) is 4.98 Å². The Hall–Kier alpha value is -1.32. The molecule has 0 saturated heterocycles. The van der Waals surface area contributed by atoms with Crippen LogP contribution in [0.3, 0.4) is 0 Å². The minimum atomic E-state index is 0.157. The van der Waals surface area contributed by atoms with Crippen molar-refractivity contribution in [2.45, 2.75) is 26.8 Å². The molecule has 1 saturated carbocycles. The fraction of sp³-hybridized carbons (Fsp3) is 0.600. The highest BCUT2D eigenvalue weighted by atomic mass is 16.2. The molecule has 1 amide bonds. The van der Waals surface area contributed by atoms with E-state index < -0.39 is 0 Å². The Balaban J connectivity index is 1.80. The number of H-pyrrole nitrogens is 1. The monoisotopic (exact) mass is 193 g/mol. The molecule has 0 aromatic carbocycles. The van der Waals surface area contributed by atoms with E-state index in [0.29, 0.717) is 6.54 Å². The fourth-order valence-corrected chi connectivity index (χ4v) is 1.60. The van der Waals surface area contributed by atoms with Crippen molar-refractivity contribution in [3.05, 3.63) is 18.2 Å². The van der Waals surface area contributed by atoms with E-state index in [9.17, 15) is 4.79 Å². The first kappa shape index (κ1) is 9.24. The fourth-order valence-electron chi connectivity index (χ4n) is 1.60. The Morgan fingerprint density at radius 1 is 1.79 bits per heavy atom. The first-order valence-electron chi connectivity index (χ1n) is 4.84. The molecule has 0 bridgehead atoms. The van der Waals surface area contributed by atoms with Crippen LogP contribution in [0.25, 0.3) is 0 Å². The highest BCUT2D eigenvalue weighted by molar-refractivity contribution is 5.82. The number of rotatable bonds is 3. The first-order valence-corrected chi connectivity index (χ1v) is 4.84. The Bertz CT molecular complexity index is 329. The van der Waals surface area contributed by atoms with Crippen LogP contribution in [0.2, 0.25) is 0 Å². The lowest BCUT2D eigenvalue weighted by molar-refractivity contribution is -0.123. The summed E-state index contributed by atoms with van der Waals surface area (Å²) in [7, 11) is 0. The molecule has 2 N–H and O–H groups in total. The van der Waals surface area contributed by atoms with Gasteiger partial charge in [0.15, 0.2) is 0 Å². The molecule has 1 heterocycles. The molecule has 76 valence electrons. The van der Waals surface area contributed by atoms with Gasteiger partial charge in [-0.15, -0.1) is 0 Å². The Morgan fingerprint density at radius 3 is 3.00 bits per heavy atom. The van der Waals surface area contributed by atoms with Gasteiger partial charge >= 0.3 is 0 Å². The Kier molecular flexibility index (Phi) is 2.06. The summed E-state index contributed by atoms with van der Waals surface area (Å²) in [6, 6.07) is 0. The zero-order chi connectivity index (χ0) is 10.2. The molecular formula is C10H15N3O. The molecule has 0 radical (unpaired) electrons. The maximum Gasteiger partial charge on any atom is 0.223 e. The molecule has 4 nitrogen and oxygen atoms in total. The minimum Gasteiger partial charge on any atom is -0.350 e. The zero-order valence-corrected chi connectivity index (χ0v) is 8.50. The van der Waals surface area contributed by atoms with Crippen LogP contribution in [0.1, 0.15) is 26.0 Å². The molecule has 1 aliphatic carbocycles. The van der Waals surface area contributed by atoms with Crippen LogP contribution in [0.5, 0.6) is 0 Å². The van der Waals surface area contributed by atoms with Crippen molar-refractivity contribution in [1.29, 1.82) is 0 Å². The van der Waals surface area contributed by atoms with E-state index >= 15 is 0 Å². The normalized spacial score (nSPS) is 23.1. The van der Waals surface area contributed by atoms with Gasteiger partial charge in [-0.1, -0.05) is 13.8 Å². The number of carbonyl (C=O) groups excluding carboxylic acids is 1. The van der Waals surface area contributed by atoms with E-state index in [0.717, 1.165) is 12.1 Å². The van der Waals surface area contributed by atoms with E-state index in [4.69, 9.17) is 0 Å². The van der Waals surface area contributed by atoms with Gasteiger partial charge in [0, 0.05) is 12.1 Å². The van der Waals surface area contributed by atoms with E-state index in [2.05, 4.69) is 29.1 Å². The van der Waals surface area contributed by atoms with Crippen molar-refractivity contribution in [2.75, 3.05) is 0 Å². The number of hydrogen-bond acceptors (Lipinski definition) is 2. The molecule has 1 fully saturated rings. The number of imidazole rings is 1. The second-order valence-corrected chi connectivity index (χ2v) is 4.54. The van der Waals surface area contributed by atoms with Gasteiger partial charge in [-0.2, -0.15) is 0 Å². The van der Waals surface area contributed by atoms with Crippen LogP contribution in [-0.2, 0) is 11.3 Å². The maximum atomic E-state index is 11.6. The Labute approximate surface area is 83.1 Å². The molecule has 1 aromatic heterocycles. The van der Waals surface area contributed by atoms with Crippen LogP contribution >= 0.6 is 0 Å². The summed E-state index contributed by atoms with van der Waals surface area (Å²) in [6.45, 7) is 4.78. The Morgan fingerprint density at radius 2 is 2.50 bits per heavy atom. The predicted molar refractivity (Wildman–Crippen MR) is 52.3 cm³/mol. The third kappa shape index (κ3) is 1.78. The standard InChI is InChI=1S/C10H15N3O/c1-10(2)3-8(10)9(14)12-5-7-4-11-6-13-7/h4,6,8H,3,5H2,1-2H3,(H,11,13)(H,12,14). The van der Waals surface area contributed by atoms with Crippen molar-refractivity contribution < 1.29 is 4.79 Å². The molecule has 1 aromatic rings. The number of nitrogens with one attached hydrogen (secondary N) is 2. The summed E-state index contributed by atoms with van der Waals surface area (Å²) in [6.07, 6.45) is 4.34. The lowest BCUT2D eigenvalue weighted by Gasteiger charge is -2.04. The molecule has 2 rings (SSSR count). The van der Waals surface area contributed by atoms with Gasteiger partial charge in [0.1, 0.15) is 0 Å². The van der Waals surface area contributed by atoms with E-state index in [-0.39, 0.29) is 17.2 Å². The quantitative estimate of drug-likeness (QED) is 0.754. The summed E-state index contributed by atoms with van der Waals surface area (Å²) in [5.41, 5.74) is 1.15. The third-order valence-electron chi connectivity index (χ3n) is 2.84. The number of carbonyl (C=O) groups is 1. The van der Waals surface area contributed by atoms with E-state index in [1.54, 1.807) is 12.5 Å². The molecule has 0 spiro atoms. The average molecular weight is 193 g/mol. The molecular weight excluding hydrogens is 178 g/mol. The molecule has 1 atom stereocenters. The number of aromatic amines is 1. The van der Waals surface area contributed by atoms with Gasteiger partial charge in [0.05, 0.1) is 18.6 Å². The molecule has 14 heavy (non-hydrogen) atoms. The summed E-state index contributed by atoms with van der Waals surface area (Å²) in [5, 5.41) is 2.89. The predicted octanol–water partition coefficient (Wildman–Crippen LogP) is 1.07. The molecule has 4 heteroatoms. The highest BCUT2D eigenvalue weighted by Gasteiger charge is 2.50. The van der Waals surface area contributed by atoms with Crippen LogP contribution in [0.15, 0.2) is 12.5 Å². The number of amides is 1. The average Bonchev–Trinajstić information content (AvgIpc) is 2.61. The van der Waals surface area contributed by atoms with Crippen LogP contribution in [-0.4, -0.2) is 15.9 Å². The number of nitrogens with zero attached hydrogens (tertiary/aromatic N) is 1. The van der Waals surface area contributed by atoms with Crippen LogP contribution in [0, 0.1) is 11.3 Å². The van der Waals surface area contributed by atoms with E-state index in [1.807, 2.05) is 0 Å². The topological polar surface area (TPSA) is 57.8 Å². The third-order valence-corrected chi connectivity index (χ3v) is 2.84. The largest absolute Gasteiger partial charge is 0.350 e. The smallest absolute Gasteiger partial charge is 0.223 e. The second kappa shape index (κ2) is 3.12.